The van der Waals surface area contributed by atoms with E-state index in [9.17, 15) is 13.2 Å². The van der Waals surface area contributed by atoms with Crippen molar-refractivity contribution in [2.75, 3.05) is 7.11 Å². The zero-order valence-corrected chi connectivity index (χ0v) is 9.33. The summed E-state index contributed by atoms with van der Waals surface area (Å²) in [5, 5.41) is 8.71. The van der Waals surface area contributed by atoms with Gasteiger partial charge in [-0.1, -0.05) is 0 Å². The van der Waals surface area contributed by atoms with Crippen molar-refractivity contribution in [1.82, 2.24) is 9.78 Å². The van der Waals surface area contributed by atoms with Gasteiger partial charge in [-0.2, -0.15) is 5.10 Å². The van der Waals surface area contributed by atoms with E-state index in [0.29, 0.717) is 0 Å². The molecule has 8 heteroatoms. The quantitative estimate of drug-likeness (QED) is 0.671. The normalized spacial score (nSPS) is 11.5. The molecule has 1 heterocycles. The van der Waals surface area contributed by atoms with Crippen LogP contribution < -0.4 is 5.14 Å². The van der Waals surface area contributed by atoms with Crippen LogP contribution in [0, 0.1) is 6.92 Å². The molecule has 1 rings (SSSR count). The highest BCUT2D eigenvalue weighted by Crippen LogP contribution is 2.18. The number of esters is 1. The molecule has 0 amide bonds. The molecule has 0 unspecified atom stereocenters. The molecule has 0 aliphatic heterocycles. The molecule has 1 aromatic rings. The number of hydrogen-bond acceptors (Lipinski definition) is 5. The Morgan fingerprint density at radius 3 is 2.47 bits per heavy atom. The number of nitrogens with two attached hydrogens (primary N) is 1. The van der Waals surface area contributed by atoms with Gasteiger partial charge in [0.15, 0.2) is 5.69 Å². The van der Waals surface area contributed by atoms with Crippen LogP contribution in [0.4, 0.5) is 0 Å². The summed E-state index contributed by atoms with van der Waals surface area (Å²) in [6.07, 6.45) is 0. The average molecular weight is 233 g/mol. The molecule has 0 saturated carbocycles. The Morgan fingerprint density at radius 1 is 1.53 bits per heavy atom. The van der Waals surface area contributed by atoms with Crippen LogP contribution in [0.2, 0.25) is 0 Å². The van der Waals surface area contributed by atoms with Crippen LogP contribution in [-0.2, 0) is 21.8 Å². The summed E-state index contributed by atoms with van der Waals surface area (Å²) in [4.78, 5) is 10.9. The highest BCUT2D eigenvalue weighted by Gasteiger charge is 2.27. The van der Waals surface area contributed by atoms with Crippen molar-refractivity contribution in [3.8, 4) is 0 Å². The lowest BCUT2D eigenvalue weighted by Crippen LogP contribution is -2.17. The highest BCUT2D eigenvalue weighted by molar-refractivity contribution is 7.89. The number of methoxy groups -OCH3 is 1. The molecule has 0 radical (unpaired) electrons. The molecule has 1 aromatic heterocycles. The van der Waals surface area contributed by atoms with Gasteiger partial charge in [-0.05, 0) is 6.92 Å². The fourth-order valence-corrected chi connectivity index (χ4v) is 2.10. The summed E-state index contributed by atoms with van der Waals surface area (Å²) in [5.74, 6) is -0.831. The number of aromatic nitrogens is 2. The SMILES string of the molecule is COC(=O)c1nn(C)c(C)c1S(N)(=O)=O. The Labute approximate surface area is 86.9 Å². The fourth-order valence-electron chi connectivity index (χ4n) is 1.16. The van der Waals surface area contributed by atoms with Gasteiger partial charge in [0.25, 0.3) is 0 Å². The fraction of sp³-hybridized carbons (Fsp3) is 0.429. The molecule has 0 fully saturated rings. The second kappa shape index (κ2) is 3.63. The third-order valence-corrected chi connectivity index (χ3v) is 3.00. The van der Waals surface area contributed by atoms with Crippen molar-refractivity contribution in [3.63, 3.8) is 0 Å². The smallest absolute Gasteiger partial charge is 0.360 e. The number of rotatable bonds is 2. The van der Waals surface area contributed by atoms with Gasteiger partial charge in [-0.15, -0.1) is 0 Å². The van der Waals surface area contributed by atoms with Crippen LogP contribution in [0.5, 0.6) is 0 Å². The first-order valence-corrected chi connectivity index (χ1v) is 5.48. The zero-order valence-electron chi connectivity index (χ0n) is 8.51. The molecule has 0 bridgehead atoms. The van der Waals surface area contributed by atoms with E-state index in [1.165, 1.54) is 18.7 Å². The van der Waals surface area contributed by atoms with Crippen LogP contribution in [-0.4, -0.2) is 31.3 Å². The van der Waals surface area contributed by atoms with E-state index in [0.717, 1.165) is 7.11 Å². The number of carbonyl (C=O) groups is 1. The van der Waals surface area contributed by atoms with E-state index < -0.39 is 16.0 Å². The van der Waals surface area contributed by atoms with E-state index in [2.05, 4.69) is 9.84 Å². The molecule has 84 valence electrons. The average Bonchev–Trinajstić information content (AvgIpc) is 2.41. The Hall–Kier alpha value is -1.41. The maximum Gasteiger partial charge on any atom is 0.360 e. The number of aryl methyl sites for hydroxylation is 1. The molecular formula is C7H11N3O4S. The molecular weight excluding hydrogens is 222 g/mol. The molecule has 15 heavy (non-hydrogen) atoms. The zero-order chi connectivity index (χ0) is 11.8. The van der Waals surface area contributed by atoms with E-state index in [4.69, 9.17) is 5.14 Å². The largest absolute Gasteiger partial charge is 0.464 e. The first-order chi connectivity index (χ1) is 6.79. The summed E-state index contributed by atoms with van der Waals surface area (Å²) < 4.78 is 28.1. The summed E-state index contributed by atoms with van der Waals surface area (Å²) in [6, 6.07) is 0. The van der Waals surface area contributed by atoms with E-state index in [1.807, 2.05) is 0 Å². The Morgan fingerprint density at radius 2 is 2.07 bits per heavy atom. The summed E-state index contributed by atoms with van der Waals surface area (Å²) in [7, 11) is -1.33. The monoisotopic (exact) mass is 233 g/mol. The maximum atomic E-state index is 11.2. The Bertz CT molecular complexity index is 503. The highest BCUT2D eigenvalue weighted by atomic mass is 32.2. The minimum absolute atomic E-state index is 0.290. The van der Waals surface area contributed by atoms with Gasteiger partial charge in [0.2, 0.25) is 10.0 Å². The van der Waals surface area contributed by atoms with Gasteiger partial charge in [0.1, 0.15) is 4.90 Å². The van der Waals surface area contributed by atoms with Crippen LogP contribution in [0.25, 0.3) is 0 Å². The van der Waals surface area contributed by atoms with Crippen LogP contribution in [0.15, 0.2) is 4.90 Å². The molecule has 7 nitrogen and oxygen atoms in total. The second-order valence-electron chi connectivity index (χ2n) is 2.92. The number of ether oxygens (including phenoxy) is 1. The molecule has 0 aliphatic rings. The van der Waals surface area contributed by atoms with Gasteiger partial charge in [0.05, 0.1) is 12.8 Å². The van der Waals surface area contributed by atoms with Crippen molar-refractivity contribution >= 4 is 16.0 Å². The Kier molecular flexibility index (Phi) is 2.82. The number of sulfonamides is 1. The minimum atomic E-state index is -3.98. The first kappa shape index (κ1) is 11.7. The standard InChI is InChI=1S/C7H11N3O4S/c1-4-6(15(8,12)13)5(7(11)14-3)9-10(4)2/h1-3H3,(H2,8,12,13). The number of primary sulfonamides is 1. The van der Waals surface area contributed by atoms with Crippen molar-refractivity contribution in [2.45, 2.75) is 11.8 Å². The number of hydrogen-bond donors (Lipinski definition) is 1. The van der Waals surface area contributed by atoms with Crippen LogP contribution >= 0.6 is 0 Å². The lowest BCUT2D eigenvalue weighted by Gasteiger charge is -1.99. The van der Waals surface area contributed by atoms with Gasteiger partial charge >= 0.3 is 5.97 Å². The lowest BCUT2D eigenvalue weighted by atomic mass is 10.4. The maximum absolute atomic E-state index is 11.2. The van der Waals surface area contributed by atoms with Crippen LogP contribution in [0.3, 0.4) is 0 Å². The summed E-state index contributed by atoms with van der Waals surface area (Å²) in [5.41, 5.74) is -0.00194. The van der Waals surface area contributed by atoms with E-state index in [-0.39, 0.29) is 16.3 Å². The molecule has 0 aromatic carbocycles. The van der Waals surface area contributed by atoms with Gasteiger partial charge in [0, 0.05) is 7.05 Å². The van der Waals surface area contributed by atoms with Gasteiger partial charge < -0.3 is 4.74 Å². The first-order valence-electron chi connectivity index (χ1n) is 3.93. The second-order valence-corrected chi connectivity index (χ2v) is 4.42. The summed E-state index contributed by atoms with van der Waals surface area (Å²) in [6.45, 7) is 1.50. The third-order valence-electron chi connectivity index (χ3n) is 1.94. The lowest BCUT2D eigenvalue weighted by molar-refractivity contribution is 0.0589. The summed E-state index contributed by atoms with van der Waals surface area (Å²) >= 11 is 0. The predicted molar refractivity (Wildman–Crippen MR) is 50.7 cm³/mol. The van der Waals surface area contributed by atoms with E-state index in [1.54, 1.807) is 0 Å². The topological polar surface area (TPSA) is 104 Å². The molecule has 0 atom stereocenters. The number of carbonyl (C=O) groups excluding carboxylic acids is 1. The molecule has 0 saturated heterocycles. The molecule has 2 N–H and O–H groups in total. The third kappa shape index (κ3) is 2.00. The van der Waals surface area contributed by atoms with Crippen molar-refractivity contribution in [2.24, 2.45) is 12.2 Å². The van der Waals surface area contributed by atoms with Crippen molar-refractivity contribution in [3.05, 3.63) is 11.4 Å². The van der Waals surface area contributed by atoms with Gasteiger partial charge in [-0.25, -0.2) is 18.4 Å². The van der Waals surface area contributed by atoms with E-state index >= 15 is 0 Å². The van der Waals surface area contributed by atoms with Crippen molar-refractivity contribution < 1.29 is 17.9 Å². The van der Waals surface area contributed by atoms with Crippen molar-refractivity contribution in [1.29, 1.82) is 0 Å². The molecule has 0 aliphatic carbocycles. The Balaban J connectivity index is 3.55. The number of nitrogens with zero attached hydrogens (tertiary/aromatic N) is 2. The van der Waals surface area contributed by atoms with Crippen LogP contribution in [0.1, 0.15) is 16.2 Å². The molecule has 0 spiro atoms. The predicted octanol–water partition coefficient (Wildman–Crippen LogP) is -0.837. The van der Waals surface area contributed by atoms with Gasteiger partial charge in [-0.3, -0.25) is 4.68 Å². The minimum Gasteiger partial charge on any atom is -0.464 e.